The SMILES string of the molecule is CN(CCCC(F)(F)F)c1cc2cc(C(F)(F)P(=O)(O)O)c(Br)cc2cn1. The Kier molecular flexibility index (Phi) is 6.21. The highest BCUT2D eigenvalue weighted by molar-refractivity contribution is 9.10. The van der Waals surface area contributed by atoms with Gasteiger partial charge in [0.05, 0.1) is 0 Å². The Balaban J connectivity index is 2.36. The van der Waals surface area contributed by atoms with Crippen molar-refractivity contribution in [2.24, 2.45) is 0 Å². The standard InChI is InChI=1S/C15H15BrF5N2O3P/c1-23(4-2-3-14(17,18)19)13-7-9-5-11(15(20,21)27(24,25)26)12(16)6-10(9)8-22-13/h5-8H,2-4H2,1H3,(H2,24,25,26). The summed E-state index contributed by atoms with van der Waals surface area (Å²) in [6.07, 6.45) is -4.06. The fraction of sp³-hybridized carbons (Fsp3) is 0.400. The van der Waals surface area contributed by atoms with Gasteiger partial charge < -0.3 is 14.7 Å². The molecule has 1 heterocycles. The molecule has 0 atom stereocenters. The van der Waals surface area contributed by atoms with E-state index in [0.717, 1.165) is 6.07 Å². The highest BCUT2D eigenvalue weighted by Crippen LogP contribution is 2.60. The molecule has 2 rings (SSSR count). The van der Waals surface area contributed by atoms with E-state index in [0.29, 0.717) is 5.39 Å². The minimum Gasteiger partial charge on any atom is -0.360 e. The van der Waals surface area contributed by atoms with E-state index >= 15 is 0 Å². The molecule has 1 aromatic carbocycles. The second kappa shape index (κ2) is 7.62. The largest absolute Gasteiger partial charge is 0.399 e. The highest BCUT2D eigenvalue weighted by atomic mass is 79.9. The van der Waals surface area contributed by atoms with Crippen molar-refractivity contribution >= 4 is 40.1 Å². The number of anilines is 1. The summed E-state index contributed by atoms with van der Waals surface area (Å²) in [5.74, 6) is 0.248. The van der Waals surface area contributed by atoms with Crippen molar-refractivity contribution in [1.29, 1.82) is 0 Å². The average molecular weight is 477 g/mol. The zero-order valence-electron chi connectivity index (χ0n) is 13.8. The Morgan fingerprint density at radius 2 is 1.78 bits per heavy atom. The van der Waals surface area contributed by atoms with Crippen molar-refractivity contribution in [1.82, 2.24) is 4.98 Å². The van der Waals surface area contributed by atoms with E-state index in [-0.39, 0.29) is 28.6 Å². The number of rotatable bonds is 6. The van der Waals surface area contributed by atoms with Crippen LogP contribution in [0, 0.1) is 0 Å². The molecule has 150 valence electrons. The number of pyridine rings is 1. The quantitative estimate of drug-likeness (QED) is 0.453. The molecule has 0 bridgehead atoms. The van der Waals surface area contributed by atoms with Crippen LogP contribution in [0.25, 0.3) is 10.8 Å². The van der Waals surface area contributed by atoms with Gasteiger partial charge in [-0.1, -0.05) is 15.9 Å². The van der Waals surface area contributed by atoms with Crippen LogP contribution in [0.4, 0.5) is 27.8 Å². The lowest BCUT2D eigenvalue weighted by molar-refractivity contribution is -0.135. The molecule has 0 spiro atoms. The normalized spacial score (nSPS) is 13.2. The predicted molar refractivity (Wildman–Crippen MR) is 93.9 cm³/mol. The zero-order valence-corrected chi connectivity index (χ0v) is 16.3. The first kappa shape index (κ1) is 22.0. The minimum atomic E-state index is -5.75. The number of halogens is 6. The van der Waals surface area contributed by atoms with Crippen LogP contribution < -0.4 is 4.90 Å². The topological polar surface area (TPSA) is 73.7 Å². The van der Waals surface area contributed by atoms with Crippen molar-refractivity contribution in [3.63, 3.8) is 0 Å². The molecule has 0 aliphatic carbocycles. The van der Waals surface area contributed by atoms with E-state index in [4.69, 9.17) is 9.79 Å². The molecule has 0 saturated heterocycles. The van der Waals surface area contributed by atoms with E-state index in [1.807, 2.05) is 0 Å². The summed E-state index contributed by atoms with van der Waals surface area (Å²) in [7, 11) is -4.24. The van der Waals surface area contributed by atoms with Gasteiger partial charge in [-0.05, 0) is 30.0 Å². The number of alkyl halides is 5. The number of hydrogen-bond acceptors (Lipinski definition) is 3. The summed E-state index contributed by atoms with van der Waals surface area (Å²) in [4.78, 5) is 23.4. The lowest BCUT2D eigenvalue weighted by Crippen LogP contribution is -2.21. The van der Waals surface area contributed by atoms with E-state index < -0.39 is 31.4 Å². The van der Waals surface area contributed by atoms with Crippen molar-refractivity contribution in [2.45, 2.75) is 24.7 Å². The van der Waals surface area contributed by atoms with Gasteiger partial charge in [0.25, 0.3) is 0 Å². The van der Waals surface area contributed by atoms with Crippen molar-refractivity contribution in [2.75, 3.05) is 18.5 Å². The molecule has 12 heteroatoms. The molecule has 27 heavy (non-hydrogen) atoms. The summed E-state index contributed by atoms with van der Waals surface area (Å²) >= 11 is 2.88. The zero-order chi connectivity index (χ0) is 20.6. The third-order valence-electron chi connectivity index (χ3n) is 3.83. The van der Waals surface area contributed by atoms with Gasteiger partial charge in [0.1, 0.15) is 5.82 Å². The molecular formula is C15H15BrF5N2O3P. The van der Waals surface area contributed by atoms with Gasteiger partial charge in [-0.2, -0.15) is 22.0 Å². The minimum absolute atomic E-state index is 0.0417. The van der Waals surface area contributed by atoms with Gasteiger partial charge in [0.2, 0.25) is 0 Å². The van der Waals surface area contributed by atoms with E-state index in [1.54, 1.807) is 0 Å². The monoisotopic (exact) mass is 476 g/mol. The van der Waals surface area contributed by atoms with Crippen LogP contribution in [0.2, 0.25) is 0 Å². The van der Waals surface area contributed by atoms with Crippen molar-refractivity contribution in [3.05, 3.63) is 34.4 Å². The first-order valence-electron chi connectivity index (χ1n) is 7.53. The van der Waals surface area contributed by atoms with Crippen LogP contribution in [-0.4, -0.2) is 34.5 Å². The molecular weight excluding hydrogens is 462 g/mol. The lowest BCUT2D eigenvalue weighted by Gasteiger charge is -2.21. The smallest absolute Gasteiger partial charge is 0.360 e. The lowest BCUT2D eigenvalue weighted by atomic mass is 10.1. The average Bonchev–Trinajstić information content (AvgIpc) is 2.51. The van der Waals surface area contributed by atoms with Gasteiger partial charge >= 0.3 is 19.4 Å². The van der Waals surface area contributed by atoms with E-state index in [1.165, 1.54) is 30.3 Å². The second-order valence-corrected chi connectivity index (χ2v) is 8.45. The molecule has 0 aliphatic rings. The van der Waals surface area contributed by atoms with Gasteiger partial charge in [-0.15, -0.1) is 0 Å². The number of aromatic nitrogens is 1. The number of nitrogens with zero attached hydrogens (tertiary/aromatic N) is 2. The first-order valence-corrected chi connectivity index (χ1v) is 9.94. The molecule has 0 aliphatic heterocycles. The van der Waals surface area contributed by atoms with Crippen LogP contribution in [-0.2, 0) is 10.2 Å². The first-order chi connectivity index (χ1) is 12.2. The van der Waals surface area contributed by atoms with Crippen LogP contribution in [0.3, 0.4) is 0 Å². The van der Waals surface area contributed by atoms with Crippen molar-refractivity contribution < 1.29 is 36.3 Å². The molecule has 0 radical (unpaired) electrons. The predicted octanol–water partition coefficient (Wildman–Crippen LogP) is 5.00. The van der Waals surface area contributed by atoms with Crippen LogP contribution >= 0.6 is 23.5 Å². The molecule has 0 amide bonds. The Labute approximate surface area is 159 Å². The Bertz CT molecular complexity index is 888. The maximum Gasteiger partial charge on any atom is 0.399 e. The number of fused-ring (bicyclic) bond motifs is 1. The van der Waals surface area contributed by atoms with Gasteiger partial charge in [0.15, 0.2) is 0 Å². The summed E-state index contributed by atoms with van der Waals surface area (Å²) < 4.78 is 75.8. The Morgan fingerprint density at radius 3 is 2.33 bits per heavy atom. The number of hydrogen-bond donors (Lipinski definition) is 2. The third kappa shape index (κ3) is 5.16. The van der Waals surface area contributed by atoms with Gasteiger partial charge in [0, 0.05) is 41.6 Å². The maximum absolute atomic E-state index is 14.1. The molecule has 2 N–H and O–H groups in total. The van der Waals surface area contributed by atoms with Crippen molar-refractivity contribution in [3.8, 4) is 0 Å². The van der Waals surface area contributed by atoms with Crippen LogP contribution in [0.15, 0.2) is 28.9 Å². The third-order valence-corrected chi connectivity index (χ3v) is 5.46. The number of benzene rings is 1. The molecule has 0 fully saturated rings. The molecule has 2 aromatic rings. The fourth-order valence-electron chi connectivity index (χ4n) is 2.38. The Hall–Kier alpha value is -1.29. The van der Waals surface area contributed by atoms with Gasteiger partial charge in [-0.25, -0.2) is 4.98 Å². The van der Waals surface area contributed by atoms with Gasteiger partial charge in [-0.3, -0.25) is 4.57 Å². The summed E-state index contributed by atoms with van der Waals surface area (Å²) in [6.45, 7) is 0.0417. The van der Waals surface area contributed by atoms with E-state index in [9.17, 15) is 26.5 Å². The highest BCUT2D eigenvalue weighted by Gasteiger charge is 2.51. The van der Waals surface area contributed by atoms with Crippen LogP contribution in [0.5, 0.6) is 0 Å². The van der Waals surface area contributed by atoms with Crippen LogP contribution in [0.1, 0.15) is 18.4 Å². The summed E-state index contributed by atoms with van der Waals surface area (Å²) in [6, 6.07) is 3.54. The fourth-order valence-corrected chi connectivity index (χ4v) is 3.64. The second-order valence-electron chi connectivity index (χ2n) is 5.95. The summed E-state index contributed by atoms with van der Waals surface area (Å²) in [5.41, 5.74) is -5.29. The molecule has 0 saturated carbocycles. The maximum atomic E-state index is 14.1. The molecule has 5 nitrogen and oxygen atoms in total. The Morgan fingerprint density at radius 1 is 1.15 bits per heavy atom. The van der Waals surface area contributed by atoms with E-state index in [2.05, 4.69) is 20.9 Å². The molecule has 0 unspecified atom stereocenters. The molecule has 1 aromatic heterocycles. The summed E-state index contributed by atoms with van der Waals surface area (Å²) in [5, 5.41) is 0.633.